The first-order valence-corrected chi connectivity index (χ1v) is 7.86. The number of nitrogens with one attached hydrogen (secondary N) is 2. The zero-order chi connectivity index (χ0) is 15.8. The molecule has 1 atom stereocenters. The minimum Gasteiger partial charge on any atom is -0.388 e. The van der Waals surface area contributed by atoms with Crippen LogP contribution in [-0.4, -0.2) is 23.5 Å². The molecule has 0 saturated carbocycles. The first-order valence-electron chi connectivity index (χ1n) is 6.98. The first kappa shape index (κ1) is 16.2. The minimum absolute atomic E-state index is 0.237. The fourth-order valence-corrected chi connectivity index (χ4v) is 2.55. The maximum atomic E-state index is 11.6. The highest BCUT2D eigenvalue weighted by atomic mass is 32.1. The molecule has 0 saturated heterocycles. The van der Waals surface area contributed by atoms with Crippen molar-refractivity contribution < 1.29 is 14.7 Å². The van der Waals surface area contributed by atoms with E-state index in [1.54, 1.807) is 0 Å². The summed E-state index contributed by atoms with van der Waals surface area (Å²) in [5.41, 5.74) is 0.791. The standard InChI is InChI=1S/C16H18N2O3S/c19-14(12-5-2-1-3-6-12)8-9-17-15(20)16(21)18-11-13-7-4-10-22-13/h1-7,10,14,19H,8-9,11H2,(H,17,20)(H,18,21)/t14-/m1/s1. The van der Waals surface area contributed by atoms with Crippen LogP contribution in [0.25, 0.3) is 0 Å². The van der Waals surface area contributed by atoms with Gasteiger partial charge in [0.25, 0.3) is 0 Å². The predicted octanol–water partition coefficient (Wildman–Crippen LogP) is 1.60. The van der Waals surface area contributed by atoms with Crippen LogP contribution in [0.15, 0.2) is 47.8 Å². The van der Waals surface area contributed by atoms with Gasteiger partial charge in [0, 0.05) is 11.4 Å². The lowest BCUT2D eigenvalue weighted by atomic mass is 10.1. The van der Waals surface area contributed by atoms with Crippen LogP contribution in [0.5, 0.6) is 0 Å². The molecule has 1 aromatic carbocycles. The van der Waals surface area contributed by atoms with Gasteiger partial charge in [-0.1, -0.05) is 36.4 Å². The molecule has 0 spiro atoms. The van der Waals surface area contributed by atoms with E-state index >= 15 is 0 Å². The average molecular weight is 318 g/mol. The number of thiophene rings is 1. The van der Waals surface area contributed by atoms with Gasteiger partial charge in [0.05, 0.1) is 12.6 Å². The van der Waals surface area contributed by atoms with E-state index in [-0.39, 0.29) is 6.54 Å². The van der Waals surface area contributed by atoms with Crippen molar-refractivity contribution >= 4 is 23.2 Å². The molecule has 3 N–H and O–H groups in total. The van der Waals surface area contributed by atoms with E-state index in [1.165, 1.54) is 11.3 Å². The van der Waals surface area contributed by atoms with E-state index in [1.807, 2.05) is 47.8 Å². The number of amides is 2. The van der Waals surface area contributed by atoms with Gasteiger partial charge in [-0.2, -0.15) is 0 Å². The second-order valence-corrected chi connectivity index (χ2v) is 5.77. The van der Waals surface area contributed by atoms with Crippen LogP contribution in [0, 0.1) is 0 Å². The van der Waals surface area contributed by atoms with Crippen molar-refractivity contribution in [3.8, 4) is 0 Å². The molecule has 1 aromatic heterocycles. The van der Waals surface area contributed by atoms with E-state index in [0.29, 0.717) is 13.0 Å². The van der Waals surface area contributed by atoms with Crippen LogP contribution in [0.3, 0.4) is 0 Å². The van der Waals surface area contributed by atoms with Crippen LogP contribution < -0.4 is 10.6 Å². The first-order chi connectivity index (χ1) is 10.7. The molecule has 5 nitrogen and oxygen atoms in total. The third kappa shape index (κ3) is 4.98. The lowest BCUT2D eigenvalue weighted by Gasteiger charge is -2.11. The lowest BCUT2D eigenvalue weighted by molar-refractivity contribution is -0.139. The van der Waals surface area contributed by atoms with E-state index in [9.17, 15) is 14.7 Å². The normalized spacial score (nSPS) is 11.7. The van der Waals surface area contributed by atoms with Gasteiger partial charge in [-0.3, -0.25) is 9.59 Å². The molecule has 0 aliphatic heterocycles. The van der Waals surface area contributed by atoms with Crippen LogP contribution in [-0.2, 0) is 16.1 Å². The molecule has 2 aromatic rings. The van der Waals surface area contributed by atoms with Crippen molar-refractivity contribution in [2.45, 2.75) is 19.1 Å². The summed E-state index contributed by atoms with van der Waals surface area (Å²) in [5, 5.41) is 16.9. The summed E-state index contributed by atoms with van der Waals surface area (Å²) in [7, 11) is 0. The van der Waals surface area contributed by atoms with Crippen molar-refractivity contribution in [1.29, 1.82) is 0 Å². The number of carbonyl (C=O) groups excluding carboxylic acids is 2. The second kappa shape index (κ2) is 8.31. The Kier molecular flexibility index (Phi) is 6.12. The van der Waals surface area contributed by atoms with Gasteiger partial charge in [-0.05, 0) is 23.4 Å². The SMILES string of the molecule is O=C(NCC[C@@H](O)c1ccccc1)C(=O)NCc1cccs1. The van der Waals surface area contributed by atoms with Gasteiger partial charge in [0.1, 0.15) is 0 Å². The van der Waals surface area contributed by atoms with Crippen LogP contribution in [0.1, 0.15) is 23.0 Å². The van der Waals surface area contributed by atoms with Gasteiger partial charge in [-0.25, -0.2) is 0 Å². The molecule has 0 radical (unpaired) electrons. The van der Waals surface area contributed by atoms with Gasteiger partial charge < -0.3 is 15.7 Å². The van der Waals surface area contributed by atoms with Crippen LogP contribution in [0.2, 0.25) is 0 Å². The van der Waals surface area contributed by atoms with Crippen molar-refractivity contribution in [3.05, 3.63) is 58.3 Å². The Hall–Kier alpha value is -2.18. The average Bonchev–Trinajstić information content (AvgIpc) is 3.06. The number of aliphatic hydroxyl groups excluding tert-OH is 1. The Morgan fingerprint density at radius 3 is 2.45 bits per heavy atom. The molecule has 1 heterocycles. The van der Waals surface area contributed by atoms with E-state index in [0.717, 1.165) is 10.4 Å². The fourth-order valence-electron chi connectivity index (χ4n) is 1.91. The fraction of sp³-hybridized carbons (Fsp3) is 0.250. The van der Waals surface area contributed by atoms with Crippen LogP contribution in [0.4, 0.5) is 0 Å². The number of aliphatic hydroxyl groups is 1. The predicted molar refractivity (Wildman–Crippen MR) is 85.2 cm³/mol. The Labute approximate surface area is 133 Å². The Balaban J connectivity index is 1.67. The molecule has 116 valence electrons. The largest absolute Gasteiger partial charge is 0.388 e. The summed E-state index contributed by atoms with van der Waals surface area (Å²) in [4.78, 5) is 24.2. The lowest BCUT2D eigenvalue weighted by Crippen LogP contribution is -2.40. The van der Waals surface area contributed by atoms with Gasteiger partial charge in [-0.15, -0.1) is 11.3 Å². The summed E-state index contributed by atoms with van der Waals surface area (Å²) in [6.45, 7) is 0.581. The molecule has 0 unspecified atom stereocenters. The molecule has 0 bridgehead atoms. The van der Waals surface area contributed by atoms with E-state index in [2.05, 4.69) is 10.6 Å². The maximum Gasteiger partial charge on any atom is 0.309 e. The monoisotopic (exact) mass is 318 g/mol. The number of rotatable bonds is 6. The highest BCUT2D eigenvalue weighted by Gasteiger charge is 2.14. The number of benzene rings is 1. The van der Waals surface area contributed by atoms with Crippen molar-refractivity contribution in [3.63, 3.8) is 0 Å². The molecule has 2 rings (SSSR count). The Morgan fingerprint density at radius 1 is 1.05 bits per heavy atom. The Morgan fingerprint density at radius 2 is 1.77 bits per heavy atom. The summed E-state index contributed by atoms with van der Waals surface area (Å²) in [5.74, 6) is -1.35. The molecular weight excluding hydrogens is 300 g/mol. The van der Waals surface area contributed by atoms with E-state index < -0.39 is 17.9 Å². The molecule has 0 fully saturated rings. The number of carbonyl (C=O) groups is 2. The molecule has 6 heteroatoms. The highest BCUT2D eigenvalue weighted by molar-refractivity contribution is 7.09. The van der Waals surface area contributed by atoms with E-state index in [4.69, 9.17) is 0 Å². The zero-order valence-electron chi connectivity index (χ0n) is 12.0. The highest BCUT2D eigenvalue weighted by Crippen LogP contribution is 2.14. The van der Waals surface area contributed by atoms with Crippen molar-refractivity contribution in [1.82, 2.24) is 10.6 Å². The van der Waals surface area contributed by atoms with Gasteiger partial charge in [0.2, 0.25) is 0 Å². The third-order valence-corrected chi connectivity index (χ3v) is 3.97. The molecule has 0 aliphatic carbocycles. The number of hydrogen-bond donors (Lipinski definition) is 3. The molecule has 22 heavy (non-hydrogen) atoms. The minimum atomic E-state index is -0.684. The summed E-state index contributed by atoms with van der Waals surface area (Å²) >= 11 is 1.52. The topological polar surface area (TPSA) is 78.4 Å². The van der Waals surface area contributed by atoms with Gasteiger partial charge >= 0.3 is 11.8 Å². The summed E-state index contributed by atoms with van der Waals surface area (Å²) in [6, 6.07) is 13.0. The number of hydrogen-bond acceptors (Lipinski definition) is 4. The quantitative estimate of drug-likeness (QED) is 0.708. The zero-order valence-corrected chi connectivity index (χ0v) is 12.8. The Bertz CT molecular complexity index is 599. The summed E-state index contributed by atoms with van der Waals surface area (Å²) in [6.07, 6.45) is -0.302. The molecule has 0 aliphatic rings. The summed E-state index contributed by atoms with van der Waals surface area (Å²) < 4.78 is 0. The second-order valence-electron chi connectivity index (χ2n) is 4.73. The van der Waals surface area contributed by atoms with Gasteiger partial charge in [0.15, 0.2) is 0 Å². The molecule has 2 amide bonds. The van der Waals surface area contributed by atoms with Crippen LogP contribution >= 0.6 is 11.3 Å². The maximum absolute atomic E-state index is 11.6. The third-order valence-electron chi connectivity index (χ3n) is 3.10. The molecular formula is C16H18N2O3S. The smallest absolute Gasteiger partial charge is 0.309 e. The van der Waals surface area contributed by atoms with Crippen molar-refractivity contribution in [2.24, 2.45) is 0 Å². The van der Waals surface area contributed by atoms with Crippen molar-refractivity contribution in [2.75, 3.05) is 6.54 Å².